The van der Waals surface area contributed by atoms with Crippen LogP contribution in [0.3, 0.4) is 0 Å². The second-order valence-electron chi connectivity index (χ2n) is 9.08. The average Bonchev–Trinajstić information content (AvgIpc) is 3.21. The van der Waals surface area contributed by atoms with E-state index in [4.69, 9.17) is 0 Å². The number of carbonyl (C=O) groups is 1. The summed E-state index contributed by atoms with van der Waals surface area (Å²) in [5.74, 6) is 0.544. The lowest BCUT2D eigenvalue weighted by atomic mass is 10.1. The molecule has 4 aromatic rings. The highest BCUT2D eigenvalue weighted by Crippen LogP contribution is 2.27. The van der Waals surface area contributed by atoms with E-state index >= 15 is 0 Å². The lowest BCUT2D eigenvalue weighted by molar-refractivity contribution is 0.0951. The second kappa shape index (κ2) is 10.4. The smallest absolute Gasteiger partial charge is 0.251 e. The first-order valence-corrected chi connectivity index (χ1v) is 13.3. The van der Waals surface area contributed by atoms with Crippen LogP contribution in [-0.2, 0) is 28.0 Å². The molecule has 0 aliphatic carbocycles. The van der Waals surface area contributed by atoms with Gasteiger partial charge < -0.3 is 9.88 Å². The Morgan fingerprint density at radius 1 is 0.941 bits per heavy atom. The summed E-state index contributed by atoms with van der Waals surface area (Å²) in [4.78, 5) is 13.7. The number of aryl methyl sites for hydroxylation is 1. The minimum Gasteiger partial charge on any atom is -0.348 e. The fourth-order valence-electron chi connectivity index (χ4n) is 4.34. The van der Waals surface area contributed by atoms with E-state index in [0.717, 1.165) is 27.8 Å². The van der Waals surface area contributed by atoms with Crippen LogP contribution in [0.5, 0.6) is 0 Å². The molecule has 0 spiro atoms. The molecule has 1 unspecified atom stereocenters. The molecule has 0 radical (unpaired) electrons. The predicted octanol–water partition coefficient (Wildman–Crippen LogP) is 6.13. The molecular weight excluding hydrogens is 440 g/mol. The van der Waals surface area contributed by atoms with Crippen LogP contribution in [0.15, 0.2) is 77.7 Å². The first-order chi connectivity index (χ1) is 16.4. The van der Waals surface area contributed by atoms with Gasteiger partial charge in [-0.15, -0.1) is 4.21 Å². The lowest BCUT2D eigenvalue weighted by Gasteiger charge is -2.15. The third-order valence-corrected chi connectivity index (χ3v) is 7.62. The minimum atomic E-state index is -1.32. The molecular formula is C29H33N2O2S+. The monoisotopic (exact) mass is 473 g/mol. The predicted molar refractivity (Wildman–Crippen MR) is 142 cm³/mol. The zero-order chi connectivity index (χ0) is 24.2. The summed E-state index contributed by atoms with van der Waals surface area (Å²) in [6, 6.07) is 24.8. The van der Waals surface area contributed by atoms with Gasteiger partial charge in [-0.3, -0.25) is 4.79 Å². The molecule has 0 fully saturated rings. The zero-order valence-corrected chi connectivity index (χ0v) is 21.2. The summed E-state index contributed by atoms with van der Waals surface area (Å²) in [5, 5.41) is 4.09. The van der Waals surface area contributed by atoms with Crippen molar-refractivity contribution < 1.29 is 9.00 Å². The summed E-state index contributed by atoms with van der Waals surface area (Å²) in [7, 11) is -1.32. The van der Waals surface area contributed by atoms with Gasteiger partial charge in [0.25, 0.3) is 5.91 Å². The molecule has 4 nitrogen and oxygen atoms in total. The molecule has 176 valence electrons. The van der Waals surface area contributed by atoms with Crippen molar-refractivity contribution in [3.05, 3.63) is 101 Å². The molecule has 1 aromatic heterocycles. The highest BCUT2D eigenvalue weighted by Gasteiger charge is 2.15. The van der Waals surface area contributed by atoms with E-state index in [1.807, 2.05) is 43.3 Å². The number of rotatable bonds is 8. The molecule has 0 bridgehead atoms. The average molecular weight is 474 g/mol. The van der Waals surface area contributed by atoms with Gasteiger partial charge >= 0.3 is 0 Å². The van der Waals surface area contributed by atoms with Crippen LogP contribution in [0.2, 0.25) is 0 Å². The van der Waals surface area contributed by atoms with Crippen molar-refractivity contribution >= 4 is 27.6 Å². The molecule has 1 atom stereocenters. The van der Waals surface area contributed by atoms with Crippen LogP contribution in [-0.4, -0.2) is 16.2 Å². The van der Waals surface area contributed by atoms with Gasteiger partial charge in [-0.2, -0.15) is 0 Å². The van der Waals surface area contributed by atoms with Crippen molar-refractivity contribution in [3.63, 3.8) is 0 Å². The molecule has 5 heteroatoms. The van der Waals surface area contributed by atoms with Gasteiger partial charge in [0.2, 0.25) is 0 Å². The highest BCUT2D eigenvalue weighted by atomic mass is 32.2. The van der Waals surface area contributed by atoms with Gasteiger partial charge in [0.15, 0.2) is 4.90 Å². The molecule has 0 aliphatic heterocycles. The van der Waals surface area contributed by atoms with Crippen LogP contribution in [0.1, 0.15) is 59.6 Å². The molecule has 34 heavy (non-hydrogen) atoms. The number of amides is 1. The Kier molecular flexibility index (Phi) is 7.32. The summed E-state index contributed by atoms with van der Waals surface area (Å²) in [5.41, 5.74) is 6.58. The fraction of sp³-hybridized carbons (Fsp3) is 0.276. The van der Waals surface area contributed by atoms with E-state index < -0.39 is 10.8 Å². The van der Waals surface area contributed by atoms with Gasteiger partial charge in [0.05, 0.1) is 0 Å². The quantitative estimate of drug-likeness (QED) is 0.247. The molecule has 1 N–H and O–H groups in total. The van der Waals surface area contributed by atoms with Crippen LogP contribution in [0, 0.1) is 6.92 Å². The van der Waals surface area contributed by atoms with E-state index in [0.29, 0.717) is 23.9 Å². The van der Waals surface area contributed by atoms with E-state index in [1.165, 1.54) is 16.8 Å². The van der Waals surface area contributed by atoms with E-state index in [2.05, 4.69) is 67.1 Å². The Labute approximate surface area is 204 Å². The van der Waals surface area contributed by atoms with Crippen molar-refractivity contribution in [2.75, 3.05) is 5.75 Å². The third kappa shape index (κ3) is 5.31. The number of nitrogens with one attached hydrogen (secondary N) is 1. The van der Waals surface area contributed by atoms with Crippen molar-refractivity contribution in [2.45, 2.75) is 51.6 Å². The summed E-state index contributed by atoms with van der Waals surface area (Å²) in [6.45, 7) is 8.85. The van der Waals surface area contributed by atoms with Gasteiger partial charge in [0, 0.05) is 41.2 Å². The summed E-state index contributed by atoms with van der Waals surface area (Å²) >= 11 is 0. The molecule has 0 saturated carbocycles. The number of nitrogens with zero attached hydrogens (tertiary/aromatic N) is 1. The summed E-state index contributed by atoms with van der Waals surface area (Å²) < 4.78 is 14.3. The maximum atomic E-state index is 12.9. The first-order valence-electron chi connectivity index (χ1n) is 11.9. The zero-order valence-electron chi connectivity index (χ0n) is 20.3. The standard InChI is InChI=1S/C29H32N2O2S/c1-5-34(33)27-13-10-23(11-14-27)19-30-29(32)24-12-15-28-25(17-24)18-26(31(28)20(2)3)16-22-8-6-21(4)7-9-22/h6-15,17-18,20H,5,16,19H2,1-4H3,(H,30,32)/p+1. The Morgan fingerprint density at radius 3 is 2.26 bits per heavy atom. The van der Waals surface area contributed by atoms with Crippen molar-refractivity contribution in [1.29, 1.82) is 0 Å². The molecule has 3 aromatic carbocycles. The maximum absolute atomic E-state index is 12.9. The molecule has 0 aliphatic rings. The molecule has 0 saturated heterocycles. The molecule has 4 rings (SSSR count). The molecule has 1 amide bonds. The maximum Gasteiger partial charge on any atom is 0.251 e. The van der Waals surface area contributed by atoms with Gasteiger partial charge in [0.1, 0.15) is 16.6 Å². The van der Waals surface area contributed by atoms with Crippen molar-refractivity contribution in [3.8, 4) is 0 Å². The topological polar surface area (TPSA) is 51.1 Å². The van der Waals surface area contributed by atoms with Crippen LogP contribution < -0.4 is 5.32 Å². The van der Waals surface area contributed by atoms with Crippen LogP contribution in [0.25, 0.3) is 10.9 Å². The van der Waals surface area contributed by atoms with Gasteiger partial charge in [-0.25, -0.2) is 0 Å². The number of hydrogen-bond donors (Lipinski definition) is 1. The van der Waals surface area contributed by atoms with Gasteiger partial charge in [-0.05, 0) is 75.2 Å². The Bertz CT molecular complexity index is 1320. The van der Waals surface area contributed by atoms with Crippen LogP contribution in [0.4, 0.5) is 0 Å². The third-order valence-electron chi connectivity index (χ3n) is 6.17. The lowest BCUT2D eigenvalue weighted by Crippen LogP contribution is -2.22. The van der Waals surface area contributed by atoms with Crippen LogP contribution >= 0.6 is 0 Å². The van der Waals surface area contributed by atoms with Crippen molar-refractivity contribution in [1.82, 2.24) is 9.88 Å². The van der Waals surface area contributed by atoms with E-state index in [9.17, 15) is 9.00 Å². The van der Waals surface area contributed by atoms with Crippen molar-refractivity contribution in [2.24, 2.45) is 0 Å². The number of aromatic nitrogens is 1. The SMILES string of the molecule is CC[SH+](=O)c1ccc(CNC(=O)c2ccc3c(c2)cc(Cc2ccc(C)cc2)n3C(C)C)cc1. The Hall–Kier alpha value is -3.18. The highest BCUT2D eigenvalue weighted by molar-refractivity contribution is 7.84. The fourth-order valence-corrected chi connectivity index (χ4v) is 5.19. The first kappa shape index (κ1) is 24.0. The largest absolute Gasteiger partial charge is 0.348 e. The van der Waals surface area contributed by atoms with E-state index in [1.54, 1.807) is 0 Å². The summed E-state index contributed by atoms with van der Waals surface area (Å²) in [6.07, 6.45) is 0.855. The number of benzene rings is 3. The normalized spacial score (nSPS) is 12.3. The molecule has 1 heterocycles. The number of carbonyl (C=O) groups excluding carboxylic acids is 1. The Morgan fingerprint density at radius 2 is 1.62 bits per heavy atom. The number of fused-ring (bicyclic) bond motifs is 1. The van der Waals surface area contributed by atoms with Gasteiger partial charge in [-0.1, -0.05) is 42.0 Å². The second-order valence-corrected chi connectivity index (χ2v) is 11.0. The minimum absolute atomic E-state index is 0.0945. The van der Waals surface area contributed by atoms with E-state index in [-0.39, 0.29) is 5.91 Å². The number of thiol groups is 1. The number of hydrogen-bond acceptors (Lipinski definition) is 2. The Balaban J connectivity index is 1.52.